The zero-order valence-electron chi connectivity index (χ0n) is 11.4. The molecule has 0 radical (unpaired) electrons. The normalized spacial score (nSPS) is 18.2. The molecule has 5 nitrogen and oxygen atoms in total. The quantitative estimate of drug-likeness (QED) is 0.870. The van der Waals surface area contributed by atoms with E-state index in [-0.39, 0.29) is 0 Å². The molecule has 3 rings (SSSR count). The lowest BCUT2D eigenvalue weighted by Gasteiger charge is -2.28. The third-order valence-corrected chi connectivity index (χ3v) is 3.94. The lowest BCUT2D eigenvalue weighted by Crippen LogP contribution is -2.33. The molecule has 3 N–H and O–H groups in total. The molecule has 20 heavy (non-hydrogen) atoms. The summed E-state index contributed by atoms with van der Waals surface area (Å²) in [6.45, 7) is 1.40. The molecule has 2 aliphatic heterocycles. The van der Waals surface area contributed by atoms with Gasteiger partial charge in [-0.1, -0.05) is 0 Å². The van der Waals surface area contributed by atoms with Crippen LogP contribution >= 0.6 is 0 Å². The Morgan fingerprint density at radius 2 is 2.05 bits per heavy atom. The van der Waals surface area contributed by atoms with Crippen LogP contribution in [0.4, 0.5) is 0 Å². The minimum Gasteiger partial charge on any atom is -0.493 e. The summed E-state index contributed by atoms with van der Waals surface area (Å²) in [6, 6.07) is 1.15. The number of fused-ring (bicyclic) bond motifs is 2. The molecule has 0 aromatic heterocycles. The van der Waals surface area contributed by atoms with Gasteiger partial charge in [0.25, 0.3) is 0 Å². The van der Waals surface area contributed by atoms with Gasteiger partial charge in [0.1, 0.15) is 17.5 Å². The first-order valence-electron chi connectivity index (χ1n) is 7.08. The summed E-state index contributed by atoms with van der Waals surface area (Å²) < 4.78 is 11.5. The first-order valence-corrected chi connectivity index (χ1v) is 7.08. The first kappa shape index (κ1) is 13.2. The van der Waals surface area contributed by atoms with Crippen LogP contribution in [0.5, 0.6) is 11.5 Å². The van der Waals surface area contributed by atoms with Crippen LogP contribution in [0.3, 0.4) is 0 Å². The fraction of sp³-hybridized carbons (Fsp3) is 0.533. The van der Waals surface area contributed by atoms with Crippen molar-refractivity contribution in [2.75, 3.05) is 13.2 Å². The summed E-state index contributed by atoms with van der Waals surface area (Å²) >= 11 is 0. The largest absolute Gasteiger partial charge is 0.493 e. The lowest BCUT2D eigenvalue weighted by atomic mass is 9.90. The number of aryl methyl sites for hydroxylation is 1. The number of hydrogen-bond donors (Lipinski definition) is 2. The topological polar surface area (TPSA) is 81.8 Å². The van der Waals surface area contributed by atoms with Crippen LogP contribution < -0.4 is 15.2 Å². The molecular weight excluding hydrogens is 258 g/mol. The Balaban J connectivity index is 2.06. The van der Waals surface area contributed by atoms with E-state index in [1.807, 2.05) is 0 Å². The van der Waals surface area contributed by atoms with Gasteiger partial charge in [-0.25, -0.2) is 0 Å². The van der Waals surface area contributed by atoms with Crippen LogP contribution in [0, 0.1) is 0 Å². The summed E-state index contributed by atoms with van der Waals surface area (Å²) in [7, 11) is 0. The van der Waals surface area contributed by atoms with Crippen molar-refractivity contribution in [3.05, 3.63) is 22.8 Å². The Morgan fingerprint density at radius 3 is 2.85 bits per heavy atom. The van der Waals surface area contributed by atoms with E-state index in [0.717, 1.165) is 60.5 Å². The van der Waals surface area contributed by atoms with Gasteiger partial charge in [0.15, 0.2) is 0 Å². The molecule has 1 aromatic rings. The molecule has 108 valence electrons. The van der Waals surface area contributed by atoms with Gasteiger partial charge in [-0.2, -0.15) is 0 Å². The standard InChI is InChI=1S/C15H19NO4/c16-12(15(17)18)8-11-10-4-2-5-19-13(10)7-9-3-1-6-20-14(9)11/h7,12H,1-6,8,16H2,(H,17,18). The predicted octanol–water partition coefficient (Wildman–Crippen LogP) is 1.29. The third-order valence-electron chi connectivity index (χ3n) is 3.94. The van der Waals surface area contributed by atoms with E-state index in [1.165, 1.54) is 0 Å². The number of ether oxygens (including phenoxy) is 2. The van der Waals surface area contributed by atoms with Crippen molar-refractivity contribution in [1.82, 2.24) is 0 Å². The summed E-state index contributed by atoms with van der Waals surface area (Å²) in [6.07, 6.45) is 4.07. The van der Waals surface area contributed by atoms with E-state index in [9.17, 15) is 4.79 Å². The highest BCUT2D eigenvalue weighted by molar-refractivity contribution is 5.74. The average Bonchev–Trinajstić information content (AvgIpc) is 2.46. The average molecular weight is 277 g/mol. The zero-order chi connectivity index (χ0) is 14.1. The van der Waals surface area contributed by atoms with Crippen molar-refractivity contribution in [2.24, 2.45) is 5.73 Å². The van der Waals surface area contributed by atoms with Crippen molar-refractivity contribution in [2.45, 2.75) is 38.1 Å². The van der Waals surface area contributed by atoms with E-state index in [1.54, 1.807) is 0 Å². The molecule has 0 spiro atoms. The molecule has 0 amide bonds. The summed E-state index contributed by atoms with van der Waals surface area (Å²) in [5, 5.41) is 9.05. The minimum absolute atomic E-state index is 0.296. The van der Waals surface area contributed by atoms with E-state index < -0.39 is 12.0 Å². The van der Waals surface area contributed by atoms with Gasteiger partial charge in [-0.3, -0.25) is 4.79 Å². The smallest absolute Gasteiger partial charge is 0.320 e. The van der Waals surface area contributed by atoms with E-state index >= 15 is 0 Å². The molecule has 0 bridgehead atoms. The molecule has 2 aliphatic rings. The number of carbonyl (C=O) groups is 1. The Kier molecular flexibility index (Phi) is 3.53. The fourth-order valence-electron chi connectivity index (χ4n) is 2.95. The van der Waals surface area contributed by atoms with Gasteiger partial charge in [-0.05, 0) is 37.3 Å². The first-order chi connectivity index (χ1) is 9.66. The highest BCUT2D eigenvalue weighted by Gasteiger charge is 2.26. The highest BCUT2D eigenvalue weighted by atomic mass is 16.5. The molecule has 2 heterocycles. The number of carboxylic acid groups (broad SMARTS) is 1. The number of hydrogen-bond acceptors (Lipinski definition) is 4. The number of carboxylic acids is 1. The van der Waals surface area contributed by atoms with Crippen LogP contribution in [0.15, 0.2) is 6.07 Å². The Hall–Kier alpha value is -1.75. The van der Waals surface area contributed by atoms with Crippen LogP contribution in [-0.4, -0.2) is 30.3 Å². The summed E-state index contributed by atoms with van der Waals surface area (Å²) in [5.41, 5.74) is 8.85. The molecule has 0 saturated heterocycles. The Morgan fingerprint density at radius 1 is 1.30 bits per heavy atom. The van der Waals surface area contributed by atoms with Gasteiger partial charge in [0.05, 0.1) is 13.2 Å². The molecule has 0 saturated carbocycles. The zero-order valence-corrected chi connectivity index (χ0v) is 11.4. The SMILES string of the molecule is NC(Cc1c2c(cc3c1OCCC3)OCCC2)C(=O)O. The van der Waals surface area contributed by atoms with E-state index in [0.29, 0.717) is 13.0 Å². The number of rotatable bonds is 3. The van der Waals surface area contributed by atoms with Gasteiger partial charge < -0.3 is 20.3 Å². The van der Waals surface area contributed by atoms with E-state index in [2.05, 4.69) is 6.07 Å². The number of nitrogens with two attached hydrogens (primary N) is 1. The molecule has 1 unspecified atom stereocenters. The van der Waals surface area contributed by atoms with Crippen LogP contribution in [-0.2, 0) is 24.1 Å². The van der Waals surface area contributed by atoms with Gasteiger partial charge in [-0.15, -0.1) is 0 Å². The van der Waals surface area contributed by atoms with Crippen molar-refractivity contribution in [1.29, 1.82) is 0 Å². The fourth-order valence-corrected chi connectivity index (χ4v) is 2.95. The lowest BCUT2D eigenvalue weighted by molar-refractivity contribution is -0.138. The highest BCUT2D eigenvalue weighted by Crippen LogP contribution is 2.40. The maximum atomic E-state index is 11.0. The van der Waals surface area contributed by atoms with Crippen molar-refractivity contribution in [3.8, 4) is 11.5 Å². The molecule has 1 aromatic carbocycles. The minimum atomic E-state index is -0.983. The predicted molar refractivity (Wildman–Crippen MR) is 73.4 cm³/mol. The molecule has 0 aliphatic carbocycles. The summed E-state index contributed by atoms with van der Waals surface area (Å²) in [4.78, 5) is 11.0. The molecule has 5 heteroatoms. The monoisotopic (exact) mass is 277 g/mol. The second-order valence-electron chi connectivity index (χ2n) is 5.37. The second kappa shape index (κ2) is 5.32. The molecule has 1 atom stereocenters. The van der Waals surface area contributed by atoms with Crippen LogP contribution in [0.1, 0.15) is 29.5 Å². The van der Waals surface area contributed by atoms with Gasteiger partial charge >= 0.3 is 5.97 Å². The Labute approximate surface area is 117 Å². The molecular formula is C15H19NO4. The summed E-state index contributed by atoms with van der Waals surface area (Å²) in [5.74, 6) is 0.745. The van der Waals surface area contributed by atoms with Crippen LogP contribution in [0.25, 0.3) is 0 Å². The van der Waals surface area contributed by atoms with Crippen LogP contribution in [0.2, 0.25) is 0 Å². The number of benzene rings is 1. The van der Waals surface area contributed by atoms with Crippen molar-refractivity contribution in [3.63, 3.8) is 0 Å². The van der Waals surface area contributed by atoms with E-state index in [4.69, 9.17) is 20.3 Å². The molecule has 0 fully saturated rings. The maximum Gasteiger partial charge on any atom is 0.320 e. The maximum absolute atomic E-state index is 11.0. The number of aliphatic carboxylic acids is 1. The third kappa shape index (κ3) is 2.33. The van der Waals surface area contributed by atoms with Gasteiger partial charge in [0.2, 0.25) is 0 Å². The van der Waals surface area contributed by atoms with Crippen molar-refractivity contribution >= 4 is 5.97 Å². The second-order valence-corrected chi connectivity index (χ2v) is 5.37. The van der Waals surface area contributed by atoms with Crippen molar-refractivity contribution < 1.29 is 19.4 Å². The Bertz CT molecular complexity index is 507. The van der Waals surface area contributed by atoms with Gasteiger partial charge in [0, 0.05) is 17.5 Å².